The van der Waals surface area contributed by atoms with Crippen molar-refractivity contribution >= 4 is 22.8 Å². The van der Waals surface area contributed by atoms with E-state index in [-0.39, 0.29) is 5.91 Å². The molecule has 3 heterocycles. The Morgan fingerprint density at radius 3 is 3.05 bits per heavy atom. The highest BCUT2D eigenvalue weighted by Crippen LogP contribution is 2.15. The maximum Gasteiger partial charge on any atom is 0.245 e. The van der Waals surface area contributed by atoms with E-state index in [1.54, 1.807) is 6.20 Å². The van der Waals surface area contributed by atoms with Gasteiger partial charge in [0.25, 0.3) is 0 Å². The Morgan fingerprint density at radius 2 is 2.38 bits per heavy atom. The van der Waals surface area contributed by atoms with Crippen LogP contribution >= 0.6 is 0 Å². The summed E-state index contributed by atoms with van der Waals surface area (Å²) in [6, 6.07) is 1.85. The Bertz CT molecular complexity index is 621. The number of nitrogens with zero attached hydrogens (tertiary/aromatic N) is 3. The number of nitrogens with two attached hydrogens (primary N) is 1. The molecule has 1 amide bonds. The molecule has 112 valence electrons. The number of carbonyl (C=O) groups is 1. The summed E-state index contributed by atoms with van der Waals surface area (Å²) in [4.78, 5) is 23.7. The van der Waals surface area contributed by atoms with Gasteiger partial charge >= 0.3 is 0 Å². The summed E-state index contributed by atoms with van der Waals surface area (Å²) in [7, 11) is 0. The van der Waals surface area contributed by atoms with E-state index in [2.05, 4.69) is 28.5 Å². The van der Waals surface area contributed by atoms with Gasteiger partial charge in [0.05, 0.1) is 5.39 Å². The summed E-state index contributed by atoms with van der Waals surface area (Å²) in [6.45, 7) is 7.47. The fraction of sp³-hybridized carbons (Fsp3) is 0.400. The van der Waals surface area contributed by atoms with Crippen LogP contribution in [0.25, 0.3) is 11.0 Å². The summed E-state index contributed by atoms with van der Waals surface area (Å²) < 4.78 is 0. The van der Waals surface area contributed by atoms with Crippen LogP contribution in [-0.4, -0.2) is 38.8 Å². The molecule has 2 aromatic heterocycles. The van der Waals surface area contributed by atoms with Gasteiger partial charge in [0.2, 0.25) is 5.91 Å². The molecule has 0 aromatic carbocycles. The standard InChI is InChI=1S/C9H15NO.C6H6N4/c1-3-9(11)10-6-4-5-8(2)7-10;7-5-4-1-2-8-6(4)10-3-9-5/h3,8H,1,4-7H2,2H3;1-3H,(H3,7,8,9,10). The molecule has 3 N–H and O–H groups in total. The zero-order chi connectivity index (χ0) is 15.2. The molecule has 1 fully saturated rings. The maximum atomic E-state index is 11.1. The van der Waals surface area contributed by atoms with E-state index in [0.29, 0.717) is 11.7 Å². The molecule has 6 nitrogen and oxygen atoms in total. The molecule has 1 aliphatic rings. The molecule has 0 radical (unpaired) electrons. The van der Waals surface area contributed by atoms with Crippen LogP contribution in [0.15, 0.2) is 31.2 Å². The summed E-state index contributed by atoms with van der Waals surface area (Å²) in [5.74, 6) is 1.26. The molecule has 21 heavy (non-hydrogen) atoms. The third-order valence-corrected chi connectivity index (χ3v) is 3.53. The molecule has 0 bridgehead atoms. The first-order valence-electron chi connectivity index (χ1n) is 7.06. The summed E-state index contributed by atoms with van der Waals surface area (Å²) in [5, 5.41) is 0.877. The number of nitrogens with one attached hydrogen (secondary N) is 1. The lowest BCUT2D eigenvalue weighted by atomic mass is 10.0. The lowest BCUT2D eigenvalue weighted by molar-refractivity contribution is -0.127. The van der Waals surface area contributed by atoms with Gasteiger partial charge in [0.15, 0.2) is 0 Å². The topological polar surface area (TPSA) is 87.9 Å². The van der Waals surface area contributed by atoms with E-state index in [1.807, 2.05) is 11.0 Å². The minimum atomic E-state index is 0.0801. The molecule has 0 aliphatic carbocycles. The van der Waals surface area contributed by atoms with Crippen molar-refractivity contribution in [3.8, 4) is 0 Å². The SMILES string of the molecule is C=CC(=O)N1CCCC(C)C1.Nc1ncnc2[nH]ccc12. The van der Waals surface area contributed by atoms with Crippen LogP contribution in [-0.2, 0) is 4.79 Å². The zero-order valence-corrected chi connectivity index (χ0v) is 12.2. The van der Waals surface area contributed by atoms with Gasteiger partial charge in [-0.2, -0.15) is 0 Å². The van der Waals surface area contributed by atoms with Crippen LogP contribution in [0.2, 0.25) is 0 Å². The van der Waals surface area contributed by atoms with Crippen LogP contribution in [0.3, 0.4) is 0 Å². The molecular formula is C15H21N5O. The zero-order valence-electron chi connectivity index (χ0n) is 12.2. The van der Waals surface area contributed by atoms with E-state index in [4.69, 9.17) is 5.73 Å². The Kier molecular flexibility index (Phi) is 4.92. The number of rotatable bonds is 1. The number of hydrogen-bond donors (Lipinski definition) is 2. The fourth-order valence-corrected chi connectivity index (χ4v) is 2.41. The van der Waals surface area contributed by atoms with Gasteiger partial charge in [0, 0.05) is 19.3 Å². The van der Waals surface area contributed by atoms with Crippen LogP contribution in [0.4, 0.5) is 5.82 Å². The molecule has 6 heteroatoms. The Labute approximate surface area is 124 Å². The molecule has 2 aromatic rings. The number of hydrogen-bond acceptors (Lipinski definition) is 4. The predicted octanol–water partition coefficient (Wildman–Crippen LogP) is 1.97. The highest BCUT2D eigenvalue weighted by atomic mass is 16.2. The number of aromatic amines is 1. The van der Waals surface area contributed by atoms with Crippen LogP contribution in [0, 0.1) is 5.92 Å². The number of aromatic nitrogens is 3. The Morgan fingerprint density at radius 1 is 1.57 bits per heavy atom. The number of likely N-dealkylation sites (tertiary alicyclic amines) is 1. The molecule has 0 saturated carbocycles. The normalized spacial score (nSPS) is 18.0. The van der Waals surface area contributed by atoms with E-state index in [0.717, 1.165) is 30.5 Å². The Hall–Kier alpha value is -2.37. The highest BCUT2D eigenvalue weighted by molar-refractivity contribution is 5.87. The van der Waals surface area contributed by atoms with E-state index >= 15 is 0 Å². The smallest absolute Gasteiger partial charge is 0.245 e. The number of nitrogen functional groups attached to an aromatic ring is 1. The first-order chi connectivity index (χ1) is 10.1. The number of carbonyl (C=O) groups excluding carboxylic acids is 1. The second-order valence-electron chi connectivity index (χ2n) is 5.23. The summed E-state index contributed by atoms with van der Waals surface area (Å²) in [6.07, 6.45) is 7.02. The lowest BCUT2D eigenvalue weighted by Gasteiger charge is -2.29. The minimum absolute atomic E-state index is 0.0801. The van der Waals surface area contributed by atoms with Gasteiger partial charge in [-0.1, -0.05) is 13.5 Å². The van der Waals surface area contributed by atoms with E-state index < -0.39 is 0 Å². The Balaban J connectivity index is 0.000000154. The van der Waals surface area contributed by atoms with Crippen molar-refractivity contribution in [1.29, 1.82) is 0 Å². The van der Waals surface area contributed by atoms with Gasteiger partial charge in [-0.25, -0.2) is 9.97 Å². The van der Waals surface area contributed by atoms with Crippen molar-refractivity contribution < 1.29 is 4.79 Å². The number of anilines is 1. The van der Waals surface area contributed by atoms with E-state index in [1.165, 1.54) is 18.8 Å². The average molecular weight is 287 g/mol. The molecule has 1 atom stereocenters. The molecule has 1 unspecified atom stereocenters. The van der Waals surface area contributed by atoms with Crippen LogP contribution in [0.1, 0.15) is 19.8 Å². The average Bonchev–Trinajstić information content (AvgIpc) is 2.97. The molecule has 1 aliphatic heterocycles. The number of piperidine rings is 1. The predicted molar refractivity (Wildman–Crippen MR) is 83.5 cm³/mol. The van der Waals surface area contributed by atoms with E-state index in [9.17, 15) is 4.79 Å². The van der Waals surface area contributed by atoms with Gasteiger partial charge in [-0.05, 0) is 30.9 Å². The van der Waals surface area contributed by atoms with Crippen molar-refractivity contribution in [2.45, 2.75) is 19.8 Å². The number of amides is 1. The van der Waals surface area contributed by atoms with Gasteiger partial charge in [-0.15, -0.1) is 0 Å². The molecule has 3 rings (SSSR count). The van der Waals surface area contributed by atoms with Gasteiger partial charge in [0.1, 0.15) is 17.8 Å². The van der Waals surface area contributed by atoms with Crippen molar-refractivity contribution in [1.82, 2.24) is 19.9 Å². The first kappa shape index (κ1) is 15.0. The van der Waals surface area contributed by atoms with Crippen LogP contribution in [0.5, 0.6) is 0 Å². The second kappa shape index (κ2) is 6.88. The monoisotopic (exact) mass is 287 g/mol. The molecule has 1 saturated heterocycles. The third kappa shape index (κ3) is 3.81. The summed E-state index contributed by atoms with van der Waals surface area (Å²) in [5.41, 5.74) is 6.31. The number of fused-ring (bicyclic) bond motifs is 1. The van der Waals surface area contributed by atoms with Crippen molar-refractivity contribution in [3.05, 3.63) is 31.2 Å². The number of H-pyrrole nitrogens is 1. The molecular weight excluding hydrogens is 266 g/mol. The van der Waals surface area contributed by atoms with Gasteiger partial charge < -0.3 is 15.6 Å². The third-order valence-electron chi connectivity index (χ3n) is 3.53. The minimum Gasteiger partial charge on any atom is -0.383 e. The largest absolute Gasteiger partial charge is 0.383 e. The second-order valence-corrected chi connectivity index (χ2v) is 5.23. The van der Waals surface area contributed by atoms with Crippen LogP contribution < -0.4 is 5.73 Å². The quantitative estimate of drug-likeness (QED) is 0.785. The fourth-order valence-electron chi connectivity index (χ4n) is 2.41. The lowest BCUT2D eigenvalue weighted by Crippen LogP contribution is -2.37. The maximum absolute atomic E-state index is 11.1. The summed E-state index contributed by atoms with van der Waals surface area (Å²) >= 11 is 0. The highest BCUT2D eigenvalue weighted by Gasteiger charge is 2.18. The van der Waals surface area contributed by atoms with Crippen molar-refractivity contribution in [3.63, 3.8) is 0 Å². The van der Waals surface area contributed by atoms with Crippen molar-refractivity contribution in [2.75, 3.05) is 18.8 Å². The van der Waals surface area contributed by atoms with Gasteiger partial charge in [-0.3, -0.25) is 4.79 Å². The van der Waals surface area contributed by atoms with Crippen molar-refractivity contribution in [2.24, 2.45) is 5.92 Å². The molecule has 0 spiro atoms. The first-order valence-corrected chi connectivity index (χ1v) is 7.06.